The summed E-state index contributed by atoms with van der Waals surface area (Å²) in [5, 5.41) is 9.67. The minimum absolute atomic E-state index is 0.0327. The maximum Gasteiger partial charge on any atom is 0.433 e. The smallest absolute Gasteiger partial charge is 0.355 e. The van der Waals surface area contributed by atoms with Crippen LogP contribution in [0.4, 0.5) is 19.1 Å². The van der Waals surface area contributed by atoms with Gasteiger partial charge in [0.1, 0.15) is 5.69 Å². The van der Waals surface area contributed by atoms with E-state index in [9.17, 15) is 13.2 Å². The van der Waals surface area contributed by atoms with Gasteiger partial charge < -0.3 is 16.0 Å². The van der Waals surface area contributed by atoms with Crippen LogP contribution < -0.4 is 16.0 Å². The van der Waals surface area contributed by atoms with E-state index in [0.717, 1.165) is 17.8 Å². The first-order chi connectivity index (χ1) is 12.8. The Labute approximate surface area is 160 Å². The fourth-order valence-electron chi connectivity index (χ4n) is 2.22. The SMILES string of the molecule is CN=C(NCCNc1nccc(C(F)(F)F)n1)NC(C)c1cccc(Cl)c1. The van der Waals surface area contributed by atoms with Crippen LogP contribution in [0, 0.1) is 0 Å². The molecule has 0 saturated carbocycles. The molecule has 0 amide bonds. The average molecular weight is 401 g/mol. The van der Waals surface area contributed by atoms with E-state index in [1.54, 1.807) is 13.1 Å². The van der Waals surface area contributed by atoms with Crippen molar-refractivity contribution in [3.8, 4) is 0 Å². The molecule has 1 unspecified atom stereocenters. The Morgan fingerprint density at radius 2 is 2.04 bits per heavy atom. The topological polar surface area (TPSA) is 74.2 Å². The Hall–Kier alpha value is -2.55. The first-order valence-corrected chi connectivity index (χ1v) is 8.54. The Morgan fingerprint density at radius 3 is 2.70 bits per heavy atom. The third-order valence-corrected chi connectivity index (χ3v) is 3.81. The number of nitrogens with one attached hydrogen (secondary N) is 3. The minimum atomic E-state index is -4.50. The van der Waals surface area contributed by atoms with Crippen LogP contribution in [0.1, 0.15) is 24.2 Å². The molecule has 146 valence electrons. The Bertz CT molecular complexity index is 781. The van der Waals surface area contributed by atoms with Crippen molar-refractivity contribution in [3.63, 3.8) is 0 Å². The number of benzene rings is 1. The quantitative estimate of drug-likeness (QED) is 0.393. The zero-order valence-electron chi connectivity index (χ0n) is 14.8. The number of rotatable bonds is 6. The average Bonchev–Trinajstić information content (AvgIpc) is 2.63. The summed E-state index contributed by atoms with van der Waals surface area (Å²) < 4.78 is 37.9. The zero-order chi connectivity index (χ0) is 19.9. The fraction of sp³-hybridized carbons (Fsp3) is 0.353. The van der Waals surface area contributed by atoms with Crippen molar-refractivity contribution in [1.29, 1.82) is 0 Å². The molecular weight excluding hydrogens is 381 g/mol. The van der Waals surface area contributed by atoms with Gasteiger partial charge in [0.05, 0.1) is 6.04 Å². The number of hydrogen-bond acceptors (Lipinski definition) is 4. The van der Waals surface area contributed by atoms with Gasteiger partial charge in [0.2, 0.25) is 5.95 Å². The number of alkyl halides is 3. The van der Waals surface area contributed by atoms with Gasteiger partial charge in [-0.15, -0.1) is 0 Å². The Kier molecular flexibility index (Phi) is 7.23. The molecule has 0 saturated heterocycles. The molecule has 1 aromatic carbocycles. The number of nitrogens with zero attached hydrogens (tertiary/aromatic N) is 3. The molecule has 1 aromatic heterocycles. The Balaban J connectivity index is 1.81. The summed E-state index contributed by atoms with van der Waals surface area (Å²) in [7, 11) is 1.63. The number of aromatic nitrogens is 2. The highest BCUT2D eigenvalue weighted by atomic mass is 35.5. The molecule has 0 fully saturated rings. The maximum absolute atomic E-state index is 12.6. The number of halogens is 4. The summed E-state index contributed by atoms with van der Waals surface area (Å²) in [6.45, 7) is 2.68. The minimum Gasteiger partial charge on any atom is -0.355 e. The van der Waals surface area contributed by atoms with E-state index in [-0.39, 0.29) is 12.0 Å². The van der Waals surface area contributed by atoms with Crippen molar-refractivity contribution in [2.45, 2.75) is 19.1 Å². The van der Waals surface area contributed by atoms with Crippen molar-refractivity contribution in [1.82, 2.24) is 20.6 Å². The summed E-state index contributed by atoms with van der Waals surface area (Å²) in [6, 6.07) is 8.27. The molecule has 0 aliphatic carbocycles. The van der Waals surface area contributed by atoms with E-state index in [0.29, 0.717) is 24.1 Å². The highest BCUT2D eigenvalue weighted by Gasteiger charge is 2.32. The highest BCUT2D eigenvalue weighted by Crippen LogP contribution is 2.27. The van der Waals surface area contributed by atoms with E-state index in [1.807, 2.05) is 25.1 Å². The summed E-state index contributed by atoms with van der Waals surface area (Å²) >= 11 is 6.00. The monoisotopic (exact) mass is 400 g/mol. The third-order valence-electron chi connectivity index (χ3n) is 3.57. The summed E-state index contributed by atoms with van der Waals surface area (Å²) in [6.07, 6.45) is -3.43. The standard InChI is InChI=1S/C17H20ClF3N6/c1-11(12-4-3-5-13(18)10-12)26-15(22-2)24-8-9-25-16-23-7-6-14(27-16)17(19,20)21/h3-7,10-11H,8-9H2,1-2H3,(H2,22,24,26)(H,23,25,27). The second-order valence-corrected chi connectivity index (χ2v) is 6.05. The molecule has 0 aliphatic heterocycles. The molecule has 6 nitrogen and oxygen atoms in total. The van der Waals surface area contributed by atoms with Gasteiger partial charge in [-0.05, 0) is 30.7 Å². The van der Waals surface area contributed by atoms with Crippen LogP contribution in [0.25, 0.3) is 0 Å². The van der Waals surface area contributed by atoms with Crippen molar-refractivity contribution in [2.24, 2.45) is 4.99 Å². The molecule has 2 rings (SSSR count). The molecule has 27 heavy (non-hydrogen) atoms. The number of guanidine groups is 1. The lowest BCUT2D eigenvalue weighted by atomic mass is 10.1. The van der Waals surface area contributed by atoms with Crippen molar-refractivity contribution in [2.75, 3.05) is 25.5 Å². The molecule has 0 radical (unpaired) electrons. The second-order valence-electron chi connectivity index (χ2n) is 5.61. The molecule has 3 N–H and O–H groups in total. The molecule has 0 spiro atoms. The molecule has 0 bridgehead atoms. The number of hydrogen-bond donors (Lipinski definition) is 3. The predicted octanol–water partition coefficient (Wildman–Crippen LogP) is 3.49. The van der Waals surface area contributed by atoms with Crippen LogP contribution in [-0.4, -0.2) is 36.1 Å². The van der Waals surface area contributed by atoms with Gasteiger partial charge in [-0.25, -0.2) is 9.97 Å². The second kappa shape index (κ2) is 9.40. The molecule has 1 heterocycles. The Morgan fingerprint density at radius 1 is 1.26 bits per heavy atom. The zero-order valence-corrected chi connectivity index (χ0v) is 15.6. The molecule has 1 atom stereocenters. The first-order valence-electron chi connectivity index (χ1n) is 8.16. The third kappa shape index (κ3) is 6.59. The van der Waals surface area contributed by atoms with Crippen LogP contribution in [0.3, 0.4) is 0 Å². The number of aliphatic imine (C=N–C) groups is 1. The van der Waals surface area contributed by atoms with E-state index < -0.39 is 11.9 Å². The molecular formula is C17H20ClF3N6. The van der Waals surface area contributed by atoms with E-state index in [4.69, 9.17) is 11.6 Å². The van der Waals surface area contributed by atoms with Gasteiger partial charge in [0.15, 0.2) is 5.96 Å². The van der Waals surface area contributed by atoms with Gasteiger partial charge in [0, 0.05) is 31.4 Å². The predicted molar refractivity (Wildman–Crippen MR) is 99.9 cm³/mol. The lowest BCUT2D eigenvalue weighted by molar-refractivity contribution is -0.141. The van der Waals surface area contributed by atoms with Gasteiger partial charge >= 0.3 is 6.18 Å². The lowest BCUT2D eigenvalue weighted by Gasteiger charge is -2.18. The molecule has 0 aliphatic rings. The summed E-state index contributed by atoms with van der Waals surface area (Å²) in [4.78, 5) is 11.3. The van der Waals surface area contributed by atoms with Gasteiger partial charge in [-0.3, -0.25) is 4.99 Å². The van der Waals surface area contributed by atoms with Crippen molar-refractivity contribution >= 4 is 23.5 Å². The molecule has 2 aromatic rings. The maximum atomic E-state index is 12.6. The fourth-order valence-corrected chi connectivity index (χ4v) is 2.41. The first kappa shape index (κ1) is 20.8. The van der Waals surface area contributed by atoms with Crippen LogP contribution in [-0.2, 0) is 6.18 Å². The number of anilines is 1. The van der Waals surface area contributed by atoms with Gasteiger partial charge in [-0.2, -0.15) is 13.2 Å². The highest BCUT2D eigenvalue weighted by molar-refractivity contribution is 6.30. The van der Waals surface area contributed by atoms with Gasteiger partial charge in [0.25, 0.3) is 0 Å². The van der Waals surface area contributed by atoms with Crippen LogP contribution in [0.15, 0.2) is 41.5 Å². The summed E-state index contributed by atoms with van der Waals surface area (Å²) in [5.74, 6) is 0.469. The van der Waals surface area contributed by atoms with E-state index in [1.165, 1.54) is 0 Å². The van der Waals surface area contributed by atoms with E-state index >= 15 is 0 Å². The molecule has 10 heteroatoms. The van der Waals surface area contributed by atoms with Crippen LogP contribution in [0.2, 0.25) is 5.02 Å². The normalized spacial score (nSPS) is 13.2. The van der Waals surface area contributed by atoms with Gasteiger partial charge in [-0.1, -0.05) is 23.7 Å². The van der Waals surface area contributed by atoms with Crippen molar-refractivity contribution < 1.29 is 13.2 Å². The lowest BCUT2D eigenvalue weighted by Crippen LogP contribution is -2.40. The van der Waals surface area contributed by atoms with Crippen molar-refractivity contribution in [3.05, 3.63) is 52.8 Å². The largest absolute Gasteiger partial charge is 0.433 e. The van der Waals surface area contributed by atoms with Crippen LogP contribution >= 0.6 is 11.6 Å². The van der Waals surface area contributed by atoms with Crippen LogP contribution in [0.5, 0.6) is 0 Å². The van der Waals surface area contributed by atoms with E-state index in [2.05, 4.69) is 30.9 Å². The summed E-state index contributed by atoms with van der Waals surface area (Å²) in [5.41, 5.74) is 0.0155.